The molecule has 2 aromatic heterocycles. The molecule has 1 aliphatic heterocycles. The fourth-order valence-corrected chi connectivity index (χ4v) is 4.41. The third kappa shape index (κ3) is 3.31. The Hall–Kier alpha value is -2.78. The number of pyridine rings is 1. The first kappa shape index (κ1) is 16.7. The number of benzene rings is 1. The van der Waals surface area contributed by atoms with Crippen molar-refractivity contribution < 1.29 is 19.4 Å². The Morgan fingerprint density at radius 3 is 2.85 bits per heavy atom. The number of carbonyl (C=O) groups excluding carboxylic acids is 1. The van der Waals surface area contributed by atoms with Crippen LogP contribution in [-0.4, -0.2) is 43.9 Å². The van der Waals surface area contributed by atoms with Gasteiger partial charge < -0.3 is 9.84 Å². The smallest absolute Gasteiger partial charge is 0.362 e. The number of carboxylic acids is 1. The van der Waals surface area contributed by atoms with E-state index >= 15 is 0 Å². The maximum atomic E-state index is 12.1. The van der Waals surface area contributed by atoms with Crippen LogP contribution in [0.1, 0.15) is 15.5 Å². The highest BCUT2D eigenvalue weighted by molar-refractivity contribution is 8.15. The molecule has 3 heterocycles. The SMILES string of the molecule is O=C(Oc1ccc2nc(C3=NC(C(=O)O)CS3)sc2c1)c1ccccn1. The first-order valence-electron chi connectivity index (χ1n) is 7.58. The zero-order valence-corrected chi connectivity index (χ0v) is 14.8. The molecule has 26 heavy (non-hydrogen) atoms. The number of rotatable bonds is 4. The van der Waals surface area contributed by atoms with Crippen molar-refractivity contribution in [2.75, 3.05) is 5.75 Å². The van der Waals surface area contributed by atoms with E-state index in [0.717, 1.165) is 10.2 Å². The number of hydrogen-bond acceptors (Lipinski definition) is 8. The maximum Gasteiger partial charge on any atom is 0.362 e. The van der Waals surface area contributed by atoms with E-state index in [1.165, 1.54) is 29.3 Å². The minimum Gasteiger partial charge on any atom is -0.480 e. The number of fused-ring (bicyclic) bond motifs is 1. The molecule has 0 bridgehead atoms. The average molecular weight is 385 g/mol. The lowest BCUT2D eigenvalue weighted by atomic mass is 10.3. The van der Waals surface area contributed by atoms with Crippen LogP contribution in [-0.2, 0) is 4.79 Å². The van der Waals surface area contributed by atoms with Gasteiger partial charge in [-0.3, -0.25) is 4.99 Å². The van der Waals surface area contributed by atoms with Crippen molar-refractivity contribution in [3.63, 3.8) is 0 Å². The molecular weight excluding hydrogens is 374 g/mol. The average Bonchev–Trinajstić information content (AvgIpc) is 3.29. The summed E-state index contributed by atoms with van der Waals surface area (Å²) in [7, 11) is 0. The number of aliphatic carboxylic acids is 1. The van der Waals surface area contributed by atoms with Crippen LogP contribution in [0.3, 0.4) is 0 Å². The second kappa shape index (κ2) is 6.85. The zero-order chi connectivity index (χ0) is 18.1. The minimum absolute atomic E-state index is 0.231. The molecule has 4 rings (SSSR count). The number of ether oxygens (including phenoxy) is 1. The molecule has 0 fully saturated rings. The fourth-order valence-electron chi connectivity index (χ4n) is 2.32. The Morgan fingerprint density at radius 1 is 1.23 bits per heavy atom. The van der Waals surface area contributed by atoms with E-state index in [1.54, 1.807) is 36.4 Å². The lowest BCUT2D eigenvalue weighted by Crippen LogP contribution is -2.17. The quantitative estimate of drug-likeness (QED) is 0.544. The highest BCUT2D eigenvalue weighted by Crippen LogP contribution is 2.31. The summed E-state index contributed by atoms with van der Waals surface area (Å²) in [5.74, 6) is -0.659. The molecule has 0 saturated heterocycles. The van der Waals surface area contributed by atoms with Crippen LogP contribution >= 0.6 is 23.1 Å². The van der Waals surface area contributed by atoms with Crippen molar-refractivity contribution in [1.29, 1.82) is 0 Å². The largest absolute Gasteiger partial charge is 0.480 e. The number of aromatic nitrogens is 2. The molecule has 1 N–H and O–H groups in total. The van der Waals surface area contributed by atoms with Crippen LogP contribution in [0.5, 0.6) is 5.75 Å². The summed E-state index contributed by atoms with van der Waals surface area (Å²) in [4.78, 5) is 35.8. The summed E-state index contributed by atoms with van der Waals surface area (Å²) >= 11 is 2.77. The molecule has 0 radical (unpaired) electrons. The Labute approximate surface area is 155 Å². The molecule has 0 aliphatic carbocycles. The van der Waals surface area contributed by atoms with Gasteiger partial charge in [-0.25, -0.2) is 19.6 Å². The number of thiazole rings is 1. The number of nitrogens with zero attached hydrogens (tertiary/aromatic N) is 3. The van der Waals surface area contributed by atoms with Crippen molar-refractivity contribution >= 4 is 50.3 Å². The van der Waals surface area contributed by atoms with Crippen molar-refractivity contribution in [2.24, 2.45) is 4.99 Å². The molecule has 0 amide bonds. The van der Waals surface area contributed by atoms with Crippen LogP contribution in [0, 0.1) is 0 Å². The Balaban J connectivity index is 1.58. The van der Waals surface area contributed by atoms with Crippen molar-refractivity contribution in [1.82, 2.24) is 9.97 Å². The Bertz CT molecular complexity index is 1030. The normalized spacial score (nSPS) is 16.5. The summed E-state index contributed by atoms with van der Waals surface area (Å²) in [5, 5.41) is 10.3. The van der Waals surface area contributed by atoms with Gasteiger partial charge in [0.1, 0.15) is 21.5 Å². The van der Waals surface area contributed by atoms with Crippen LogP contribution in [0.25, 0.3) is 10.2 Å². The van der Waals surface area contributed by atoms with Crippen molar-refractivity contribution in [3.05, 3.63) is 53.3 Å². The third-order valence-electron chi connectivity index (χ3n) is 3.56. The van der Waals surface area contributed by atoms with E-state index in [-0.39, 0.29) is 5.69 Å². The molecule has 130 valence electrons. The molecule has 1 aliphatic rings. The predicted octanol–water partition coefficient (Wildman–Crippen LogP) is 2.86. The lowest BCUT2D eigenvalue weighted by molar-refractivity contribution is -0.137. The Morgan fingerprint density at radius 2 is 2.12 bits per heavy atom. The van der Waals surface area contributed by atoms with Gasteiger partial charge in [0.15, 0.2) is 6.04 Å². The van der Waals surface area contributed by atoms with Gasteiger partial charge in [0.2, 0.25) is 0 Å². The highest BCUT2D eigenvalue weighted by Gasteiger charge is 2.26. The van der Waals surface area contributed by atoms with E-state index in [0.29, 0.717) is 21.6 Å². The van der Waals surface area contributed by atoms with E-state index in [4.69, 9.17) is 9.84 Å². The third-order valence-corrected chi connectivity index (χ3v) is 5.77. The molecule has 9 heteroatoms. The van der Waals surface area contributed by atoms with E-state index in [2.05, 4.69) is 15.0 Å². The second-order valence-electron chi connectivity index (χ2n) is 5.35. The van der Waals surface area contributed by atoms with E-state index in [9.17, 15) is 9.59 Å². The molecule has 7 nitrogen and oxygen atoms in total. The number of thioether (sulfide) groups is 1. The van der Waals surface area contributed by atoms with Gasteiger partial charge >= 0.3 is 11.9 Å². The summed E-state index contributed by atoms with van der Waals surface area (Å²) < 4.78 is 6.18. The molecule has 0 saturated carbocycles. The molecule has 3 aromatic rings. The lowest BCUT2D eigenvalue weighted by Gasteiger charge is -2.03. The van der Waals surface area contributed by atoms with E-state index in [1.807, 2.05) is 0 Å². The van der Waals surface area contributed by atoms with Gasteiger partial charge in [-0.15, -0.1) is 23.1 Å². The molecule has 0 spiro atoms. The van der Waals surface area contributed by atoms with Gasteiger partial charge in [0.25, 0.3) is 0 Å². The van der Waals surface area contributed by atoms with E-state index < -0.39 is 18.0 Å². The zero-order valence-electron chi connectivity index (χ0n) is 13.2. The van der Waals surface area contributed by atoms with Crippen LogP contribution < -0.4 is 4.74 Å². The monoisotopic (exact) mass is 385 g/mol. The van der Waals surface area contributed by atoms with Crippen LogP contribution in [0.2, 0.25) is 0 Å². The number of carbonyl (C=O) groups is 2. The molecule has 1 atom stereocenters. The van der Waals surface area contributed by atoms with Crippen molar-refractivity contribution in [3.8, 4) is 5.75 Å². The number of esters is 1. The maximum absolute atomic E-state index is 12.1. The molecule has 1 unspecified atom stereocenters. The number of carboxylic acid groups (broad SMARTS) is 1. The van der Waals surface area contributed by atoms with Crippen LogP contribution in [0.4, 0.5) is 0 Å². The standard InChI is InChI=1S/C17H11N3O4S2/c21-16(22)12-8-25-14(20-12)15-19-10-5-4-9(7-13(10)26-15)24-17(23)11-3-1-2-6-18-11/h1-7,12H,8H2,(H,21,22). The van der Waals surface area contributed by atoms with Crippen LogP contribution in [0.15, 0.2) is 47.6 Å². The predicted molar refractivity (Wildman–Crippen MR) is 99.2 cm³/mol. The van der Waals surface area contributed by atoms with Gasteiger partial charge in [0, 0.05) is 18.0 Å². The first-order valence-corrected chi connectivity index (χ1v) is 9.38. The molecule has 1 aromatic carbocycles. The van der Waals surface area contributed by atoms with Crippen molar-refractivity contribution in [2.45, 2.75) is 6.04 Å². The molecular formula is C17H11N3O4S2. The first-order chi connectivity index (χ1) is 12.6. The summed E-state index contributed by atoms with van der Waals surface area (Å²) in [5.41, 5.74) is 0.971. The van der Waals surface area contributed by atoms with Gasteiger partial charge in [-0.2, -0.15) is 0 Å². The Kier molecular flexibility index (Phi) is 4.39. The number of aliphatic imine (C=N–C) groups is 1. The second-order valence-corrected chi connectivity index (χ2v) is 7.39. The summed E-state index contributed by atoms with van der Waals surface area (Å²) in [6, 6.07) is 9.44. The summed E-state index contributed by atoms with van der Waals surface area (Å²) in [6.07, 6.45) is 1.53. The van der Waals surface area contributed by atoms with Gasteiger partial charge in [-0.05, 0) is 24.3 Å². The van der Waals surface area contributed by atoms with Gasteiger partial charge in [0.05, 0.1) is 10.2 Å². The fraction of sp³-hybridized carbons (Fsp3) is 0.118. The summed E-state index contributed by atoms with van der Waals surface area (Å²) in [6.45, 7) is 0. The van der Waals surface area contributed by atoms with Gasteiger partial charge in [-0.1, -0.05) is 6.07 Å². The minimum atomic E-state index is -0.933. The topological polar surface area (TPSA) is 102 Å². The number of hydrogen-bond donors (Lipinski definition) is 1. The highest BCUT2D eigenvalue weighted by atomic mass is 32.2.